The molecule has 1 unspecified atom stereocenters. The fraction of sp³-hybridized carbons (Fsp3) is 0.214. The van der Waals surface area contributed by atoms with Gasteiger partial charge < -0.3 is 9.47 Å². The van der Waals surface area contributed by atoms with E-state index in [1.807, 2.05) is 42.5 Å². The molecule has 0 bridgehead atoms. The van der Waals surface area contributed by atoms with Crippen molar-refractivity contribution in [3.63, 3.8) is 0 Å². The van der Waals surface area contributed by atoms with Gasteiger partial charge in [-0.05, 0) is 22.9 Å². The number of fused-ring (bicyclic) bond motifs is 1. The first-order valence-electron chi connectivity index (χ1n) is 5.89. The molecule has 1 atom stereocenters. The number of carbonyl (C=O) groups excluding carboxylic acids is 1. The van der Waals surface area contributed by atoms with Gasteiger partial charge in [-0.25, -0.2) is 5.84 Å². The van der Waals surface area contributed by atoms with Gasteiger partial charge in [0.05, 0.1) is 6.61 Å². The number of rotatable bonds is 5. The molecule has 19 heavy (non-hydrogen) atoms. The van der Waals surface area contributed by atoms with E-state index in [1.54, 1.807) is 0 Å². The van der Waals surface area contributed by atoms with Gasteiger partial charge in [-0.2, -0.15) is 0 Å². The van der Waals surface area contributed by atoms with E-state index < -0.39 is 12.0 Å². The second-order valence-corrected chi connectivity index (χ2v) is 4.08. The Balaban J connectivity index is 2.21. The Morgan fingerprint density at radius 1 is 1.26 bits per heavy atom. The van der Waals surface area contributed by atoms with Crippen molar-refractivity contribution < 1.29 is 14.3 Å². The van der Waals surface area contributed by atoms with E-state index in [-0.39, 0.29) is 6.61 Å². The standard InChI is InChI=1S/C14H16N2O3/c1-18-9-13(14(17)16-15)19-12-7-6-10-4-2-3-5-11(10)8-12/h2-8,13H,9,15H2,1H3,(H,16,17). The molecule has 0 radical (unpaired) electrons. The zero-order valence-electron chi connectivity index (χ0n) is 10.6. The maximum absolute atomic E-state index is 11.5. The van der Waals surface area contributed by atoms with E-state index in [0.717, 1.165) is 10.8 Å². The minimum Gasteiger partial charge on any atom is -0.478 e. The van der Waals surface area contributed by atoms with Gasteiger partial charge in [0, 0.05) is 7.11 Å². The van der Waals surface area contributed by atoms with Gasteiger partial charge >= 0.3 is 0 Å². The van der Waals surface area contributed by atoms with Gasteiger partial charge in [-0.15, -0.1) is 0 Å². The summed E-state index contributed by atoms with van der Waals surface area (Å²) in [4.78, 5) is 11.5. The number of nitrogens with two attached hydrogens (primary N) is 1. The number of hydrogen-bond acceptors (Lipinski definition) is 4. The monoisotopic (exact) mass is 260 g/mol. The maximum atomic E-state index is 11.5. The first kappa shape index (κ1) is 13.3. The molecule has 5 nitrogen and oxygen atoms in total. The average Bonchev–Trinajstić information content (AvgIpc) is 2.46. The van der Waals surface area contributed by atoms with Crippen LogP contribution in [0.5, 0.6) is 5.75 Å². The first-order chi connectivity index (χ1) is 9.24. The van der Waals surface area contributed by atoms with E-state index in [2.05, 4.69) is 5.43 Å². The molecule has 0 fully saturated rings. The van der Waals surface area contributed by atoms with Gasteiger partial charge in [0.1, 0.15) is 5.75 Å². The van der Waals surface area contributed by atoms with Crippen molar-refractivity contribution in [1.82, 2.24) is 5.43 Å². The van der Waals surface area contributed by atoms with Crippen molar-refractivity contribution in [2.75, 3.05) is 13.7 Å². The third kappa shape index (κ3) is 3.21. The fourth-order valence-electron chi connectivity index (χ4n) is 1.81. The van der Waals surface area contributed by atoms with E-state index in [0.29, 0.717) is 5.75 Å². The normalized spacial score (nSPS) is 12.1. The molecule has 0 aliphatic carbocycles. The van der Waals surface area contributed by atoms with Crippen molar-refractivity contribution in [2.45, 2.75) is 6.10 Å². The molecular formula is C14H16N2O3. The van der Waals surface area contributed by atoms with E-state index in [1.165, 1.54) is 7.11 Å². The lowest BCUT2D eigenvalue weighted by Crippen LogP contribution is -2.44. The van der Waals surface area contributed by atoms with Crippen molar-refractivity contribution in [2.24, 2.45) is 5.84 Å². The predicted octanol–water partition coefficient (Wildman–Crippen LogP) is 1.22. The van der Waals surface area contributed by atoms with Crippen LogP contribution in [0.1, 0.15) is 0 Å². The molecule has 3 N–H and O–H groups in total. The summed E-state index contributed by atoms with van der Waals surface area (Å²) >= 11 is 0. The number of nitrogens with one attached hydrogen (secondary N) is 1. The maximum Gasteiger partial charge on any atom is 0.277 e. The molecule has 2 rings (SSSR count). The highest BCUT2D eigenvalue weighted by Crippen LogP contribution is 2.21. The van der Waals surface area contributed by atoms with Crippen molar-refractivity contribution in [3.8, 4) is 5.75 Å². The molecule has 0 saturated heterocycles. The smallest absolute Gasteiger partial charge is 0.277 e. The minimum atomic E-state index is -0.767. The van der Waals surface area contributed by atoms with Crippen LogP contribution in [0.4, 0.5) is 0 Å². The number of amides is 1. The number of benzene rings is 2. The van der Waals surface area contributed by atoms with Crippen LogP contribution in [-0.2, 0) is 9.53 Å². The van der Waals surface area contributed by atoms with E-state index in [4.69, 9.17) is 15.3 Å². The van der Waals surface area contributed by atoms with E-state index >= 15 is 0 Å². The van der Waals surface area contributed by atoms with Gasteiger partial charge in [-0.3, -0.25) is 10.2 Å². The molecule has 0 saturated carbocycles. The zero-order chi connectivity index (χ0) is 13.7. The van der Waals surface area contributed by atoms with Crippen LogP contribution in [0.25, 0.3) is 10.8 Å². The van der Waals surface area contributed by atoms with Crippen molar-refractivity contribution >= 4 is 16.7 Å². The Morgan fingerprint density at radius 3 is 2.68 bits per heavy atom. The van der Waals surface area contributed by atoms with Gasteiger partial charge in [0.25, 0.3) is 5.91 Å². The SMILES string of the molecule is COCC(Oc1ccc2ccccc2c1)C(=O)NN. The Kier molecular flexibility index (Phi) is 4.33. The fourth-order valence-corrected chi connectivity index (χ4v) is 1.81. The largest absolute Gasteiger partial charge is 0.478 e. The van der Waals surface area contributed by atoms with E-state index in [9.17, 15) is 4.79 Å². The third-order valence-electron chi connectivity index (χ3n) is 2.75. The zero-order valence-corrected chi connectivity index (χ0v) is 10.6. The summed E-state index contributed by atoms with van der Waals surface area (Å²) in [5.41, 5.74) is 2.06. The summed E-state index contributed by atoms with van der Waals surface area (Å²) in [5, 5.41) is 2.16. The van der Waals surface area contributed by atoms with Gasteiger partial charge in [0.2, 0.25) is 6.10 Å². The lowest BCUT2D eigenvalue weighted by atomic mass is 10.1. The minimum absolute atomic E-state index is 0.135. The topological polar surface area (TPSA) is 73.6 Å². The Hall–Kier alpha value is -2.11. The van der Waals surface area contributed by atoms with Crippen LogP contribution >= 0.6 is 0 Å². The number of ether oxygens (including phenoxy) is 2. The molecule has 0 aliphatic heterocycles. The Morgan fingerprint density at radius 2 is 2.00 bits per heavy atom. The highest BCUT2D eigenvalue weighted by Gasteiger charge is 2.19. The van der Waals surface area contributed by atoms with Crippen LogP contribution in [0, 0.1) is 0 Å². The predicted molar refractivity (Wildman–Crippen MR) is 72.6 cm³/mol. The number of hydrogen-bond donors (Lipinski definition) is 2. The third-order valence-corrected chi connectivity index (χ3v) is 2.75. The molecular weight excluding hydrogens is 244 g/mol. The van der Waals surface area contributed by atoms with Gasteiger partial charge in [-0.1, -0.05) is 30.3 Å². The molecule has 2 aromatic carbocycles. The first-order valence-corrected chi connectivity index (χ1v) is 5.89. The molecule has 2 aromatic rings. The van der Waals surface area contributed by atoms with Crippen molar-refractivity contribution in [3.05, 3.63) is 42.5 Å². The summed E-state index contributed by atoms with van der Waals surface area (Å²) in [6.45, 7) is 0.135. The summed E-state index contributed by atoms with van der Waals surface area (Å²) < 4.78 is 10.5. The molecule has 100 valence electrons. The molecule has 1 amide bonds. The van der Waals surface area contributed by atoms with Gasteiger partial charge in [0.15, 0.2) is 0 Å². The summed E-state index contributed by atoms with van der Waals surface area (Å²) in [5.74, 6) is 5.29. The summed E-state index contributed by atoms with van der Waals surface area (Å²) in [7, 11) is 1.50. The Labute approximate surface area is 111 Å². The van der Waals surface area contributed by atoms with Crippen LogP contribution in [0.2, 0.25) is 0 Å². The second kappa shape index (κ2) is 6.17. The molecule has 0 heterocycles. The molecule has 0 aromatic heterocycles. The van der Waals surface area contributed by atoms with Crippen molar-refractivity contribution in [1.29, 1.82) is 0 Å². The summed E-state index contributed by atoms with van der Waals surface area (Å²) in [6.07, 6.45) is -0.767. The number of carbonyl (C=O) groups is 1. The highest BCUT2D eigenvalue weighted by atomic mass is 16.5. The lowest BCUT2D eigenvalue weighted by molar-refractivity contribution is -0.130. The van der Waals surface area contributed by atoms with Crippen LogP contribution < -0.4 is 16.0 Å². The molecule has 0 aliphatic rings. The van der Waals surface area contributed by atoms with Crippen LogP contribution in [0.3, 0.4) is 0 Å². The number of hydrazine groups is 1. The summed E-state index contributed by atoms with van der Waals surface area (Å²) in [6, 6.07) is 13.5. The lowest BCUT2D eigenvalue weighted by Gasteiger charge is -2.16. The van der Waals surface area contributed by atoms with Crippen LogP contribution in [0.15, 0.2) is 42.5 Å². The second-order valence-electron chi connectivity index (χ2n) is 4.08. The average molecular weight is 260 g/mol. The Bertz CT molecular complexity index is 571. The highest BCUT2D eigenvalue weighted by molar-refractivity contribution is 5.84. The number of methoxy groups -OCH3 is 1. The van der Waals surface area contributed by atoms with Crippen LogP contribution in [-0.4, -0.2) is 25.7 Å². The quantitative estimate of drug-likeness (QED) is 0.481. The molecule has 0 spiro atoms. The molecule has 5 heteroatoms.